The molecule has 0 radical (unpaired) electrons. The first-order valence-electron chi connectivity index (χ1n) is 19.9. The Kier molecular flexibility index (Phi) is 6.77. The van der Waals surface area contributed by atoms with Gasteiger partial charge >= 0.3 is 0 Å². The van der Waals surface area contributed by atoms with Crippen molar-refractivity contribution >= 4 is 99.2 Å². The quantitative estimate of drug-likeness (QED) is 0.165. The first-order chi connectivity index (χ1) is 26.0. The molecule has 3 aliphatic rings. The van der Waals surface area contributed by atoms with Crippen molar-refractivity contribution in [2.75, 3.05) is 22.9 Å². The predicted octanol–water partition coefficient (Wildman–Crippen LogP) is 11.3. The molecule has 8 aromatic rings. The fraction of sp³-hybridized carbons (Fsp3) is 0.265. The maximum atomic E-state index is 2.66. The van der Waals surface area contributed by atoms with Crippen LogP contribution in [0.15, 0.2) is 109 Å². The number of anilines is 4. The number of benzene rings is 6. The van der Waals surface area contributed by atoms with E-state index in [0.29, 0.717) is 0 Å². The second-order valence-corrected chi connectivity index (χ2v) is 19.2. The lowest BCUT2D eigenvalue weighted by atomic mass is 9.33. The molecule has 0 amide bonds. The van der Waals surface area contributed by atoms with Gasteiger partial charge in [0.2, 0.25) is 0 Å². The highest BCUT2D eigenvalue weighted by Crippen LogP contribution is 2.46. The van der Waals surface area contributed by atoms with Gasteiger partial charge < -0.3 is 14.4 Å². The molecule has 2 aromatic heterocycles. The van der Waals surface area contributed by atoms with E-state index in [9.17, 15) is 0 Å². The Hall–Kier alpha value is -5.00. The summed E-state index contributed by atoms with van der Waals surface area (Å²) in [5.74, 6) is 0. The SMILES string of the molecule is CC(C)(C)c1ccc(N2c3ccc(C(C)(C)C)cc3B3c4c2cc(N2CCCCC2)cc4-n2c4cc5c(cc4c4cccc3c42)sc2ccccc25)cc1. The van der Waals surface area contributed by atoms with Crippen LogP contribution in [0.1, 0.15) is 71.9 Å². The molecule has 54 heavy (non-hydrogen) atoms. The van der Waals surface area contributed by atoms with Crippen molar-refractivity contribution in [3.05, 3.63) is 120 Å². The fourth-order valence-corrected chi connectivity index (χ4v) is 11.0. The molecule has 266 valence electrons. The van der Waals surface area contributed by atoms with E-state index < -0.39 is 0 Å². The number of nitrogens with zero attached hydrogens (tertiary/aromatic N) is 3. The van der Waals surface area contributed by atoms with Gasteiger partial charge in [-0.3, -0.25) is 0 Å². The highest BCUT2D eigenvalue weighted by molar-refractivity contribution is 7.25. The number of hydrogen-bond donors (Lipinski definition) is 0. The summed E-state index contributed by atoms with van der Waals surface area (Å²) in [4.78, 5) is 5.25. The van der Waals surface area contributed by atoms with E-state index >= 15 is 0 Å². The van der Waals surface area contributed by atoms with Crippen molar-refractivity contribution in [1.29, 1.82) is 0 Å². The molecule has 3 nitrogen and oxygen atoms in total. The lowest BCUT2D eigenvalue weighted by Gasteiger charge is -2.42. The number of piperidine rings is 1. The third kappa shape index (κ3) is 4.60. The zero-order valence-corrected chi connectivity index (χ0v) is 33.1. The largest absolute Gasteiger partial charge is 0.371 e. The minimum Gasteiger partial charge on any atom is -0.371 e. The van der Waals surface area contributed by atoms with Gasteiger partial charge in [0.05, 0.1) is 5.52 Å². The fourth-order valence-electron chi connectivity index (χ4n) is 9.85. The summed E-state index contributed by atoms with van der Waals surface area (Å²) >= 11 is 1.92. The molecule has 3 aliphatic heterocycles. The summed E-state index contributed by atoms with van der Waals surface area (Å²) in [6.45, 7) is 16.3. The van der Waals surface area contributed by atoms with Crippen LogP contribution in [0.25, 0.3) is 47.7 Å². The van der Waals surface area contributed by atoms with Gasteiger partial charge in [-0.05, 0) is 106 Å². The molecule has 0 bridgehead atoms. The van der Waals surface area contributed by atoms with Crippen LogP contribution in [-0.4, -0.2) is 24.4 Å². The maximum absolute atomic E-state index is 2.66. The third-order valence-electron chi connectivity index (χ3n) is 12.7. The van der Waals surface area contributed by atoms with Gasteiger partial charge in [0.25, 0.3) is 6.71 Å². The first-order valence-corrected chi connectivity index (χ1v) is 20.7. The third-order valence-corrected chi connectivity index (χ3v) is 13.8. The van der Waals surface area contributed by atoms with E-state index in [4.69, 9.17) is 0 Å². The molecule has 6 aromatic carbocycles. The predicted molar refractivity (Wildman–Crippen MR) is 236 cm³/mol. The average Bonchev–Trinajstić information content (AvgIpc) is 3.70. The molecule has 0 aliphatic carbocycles. The second kappa shape index (κ2) is 11.3. The van der Waals surface area contributed by atoms with Gasteiger partial charge in [-0.25, -0.2) is 0 Å². The molecule has 0 N–H and O–H groups in total. The molecule has 11 rings (SSSR count). The molecule has 1 fully saturated rings. The lowest BCUT2D eigenvalue weighted by molar-refractivity contribution is 0.578. The van der Waals surface area contributed by atoms with Crippen LogP contribution in [0.5, 0.6) is 0 Å². The van der Waals surface area contributed by atoms with Gasteiger partial charge in [-0.15, -0.1) is 11.3 Å². The van der Waals surface area contributed by atoms with Crippen molar-refractivity contribution < 1.29 is 0 Å². The van der Waals surface area contributed by atoms with Crippen molar-refractivity contribution in [2.45, 2.75) is 71.6 Å². The Labute approximate surface area is 322 Å². The standard InChI is InChI=1S/C49H46BN3S/c1-48(2,3)30-17-20-32(21-18-30)52-40-22-19-31(49(4,5)6)25-39(40)50-38-15-12-14-35-36-29-45-37(34-13-8-9-16-44(34)54-45)28-41(36)53(47(35)38)43-27-33(26-42(52)46(43)50)51-23-10-7-11-24-51/h8-9,12-22,25-29H,7,10-11,23-24H2,1-6H3. The normalized spacial score (nSPS) is 15.5. The number of rotatable bonds is 2. The first kappa shape index (κ1) is 32.4. The number of fused-ring (bicyclic) bond motifs is 10. The Balaban J connectivity index is 1.28. The average molecular weight is 720 g/mol. The Morgan fingerprint density at radius 3 is 2.04 bits per heavy atom. The number of thiophene rings is 1. The van der Waals surface area contributed by atoms with Gasteiger partial charge in [0.15, 0.2) is 0 Å². The smallest absolute Gasteiger partial charge is 0.252 e. The monoisotopic (exact) mass is 719 g/mol. The zero-order chi connectivity index (χ0) is 36.7. The molecule has 5 heteroatoms. The molecule has 0 unspecified atom stereocenters. The van der Waals surface area contributed by atoms with Crippen LogP contribution in [0.4, 0.5) is 22.7 Å². The summed E-state index contributed by atoms with van der Waals surface area (Å²) in [6.07, 6.45) is 3.80. The highest BCUT2D eigenvalue weighted by Gasteiger charge is 2.43. The Morgan fingerprint density at radius 2 is 1.26 bits per heavy atom. The number of aromatic nitrogens is 1. The molecule has 0 atom stereocenters. The molecule has 0 saturated carbocycles. The summed E-state index contributed by atoms with van der Waals surface area (Å²) in [5.41, 5.74) is 16.2. The summed E-state index contributed by atoms with van der Waals surface area (Å²) in [7, 11) is 0. The van der Waals surface area contributed by atoms with Gasteiger partial charge in [-0.2, -0.15) is 0 Å². The molecule has 5 heterocycles. The summed E-state index contributed by atoms with van der Waals surface area (Å²) in [6, 6.07) is 42.9. The molecule has 0 spiro atoms. The topological polar surface area (TPSA) is 11.4 Å². The van der Waals surface area contributed by atoms with E-state index in [1.807, 2.05) is 11.3 Å². The Bertz CT molecular complexity index is 2840. The lowest BCUT2D eigenvalue weighted by Crippen LogP contribution is -2.60. The molecular formula is C49H46BN3S. The van der Waals surface area contributed by atoms with Crippen molar-refractivity contribution in [2.24, 2.45) is 0 Å². The van der Waals surface area contributed by atoms with Gasteiger partial charge in [0.1, 0.15) is 0 Å². The van der Waals surface area contributed by atoms with Gasteiger partial charge in [0, 0.05) is 78.0 Å². The van der Waals surface area contributed by atoms with E-state index in [0.717, 1.165) is 13.1 Å². The summed E-state index contributed by atoms with van der Waals surface area (Å²) in [5, 5.41) is 5.41. The van der Waals surface area contributed by atoms with Crippen LogP contribution >= 0.6 is 11.3 Å². The number of hydrogen-bond acceptors (Lipinski definition) is 3. The van der Waals surface area contributed by atoms with Crippen LogP contribution < -0.4 is 26.2 Å². The molecule has 1 saturated heterocycles. The van der Waals surface area contributed by atoms with E-state index in [-0.39, 0.29) is 17.5 Å². The minimum atomic E-state index is 0.0273. The van der Waals surface area contributed by atoms with Crippen molar-refractivity contribution in [1.82, 2.24) is 4.57 Å². The van der Waals surface area contributed by atoms with E-state index in [1.165, 1.54) is 117 Å². The van der Waals surface area contributed by atoms with Crippen molar-refractivity contribution in [3.63, 3.8) is 0 Å². The minimum absolute atomic E-state index is 0.0273. The summed E-state index contributed by atoms with van der Waals surface area (Å²) < 4.78 is 5.38. The number of para-hydroxylation sites is 1. The molecular weight excluding hydrogens is 673 g/mol. The maximum Gasteiger partial charge on any atom is 0.252 e. The van der Waals surface area contributed by atoms with Crippen LogP contribution in [0.2, 0.25) is 0 Å². The van der Waals surface area contributed by atoms with Crippen LogP contribution in [0, 0.1) is 0 Å². The Morgan fingerprint density at radius 1 is 0.537 bits per heavy atom. The van der Waals surface area contributed by atoms with Crippen LogP contribution in [-0.2, 0) is 10.8 Å². The van der Waals surface area contributed by atoms with E-state index in [1.54, 1.807) is 0 Å². The van der Waals surface area contributed by atoms with Gasteiger partial charge in [-0.1, -0.05) is 102 Å². The van der Waals surface area contributed by atoms with E-state index in [2.05, 4.69) is 165 Å². The zero-order valence-electron chi connectivity index (χ0n) is 32.3. The second-order valence-electron chi connectivity index (χ2n) is 18.1. The van der Waals surface area contributed by atoms with Crippen LogP contribution in [0.3, 0.4) is 0 Å². The highest BCUT2D eigenvalue weighted by atomic mass is 32.1. The van der Waals surface area contributed by atoms with Crippen molar-refractivity contribution in [3.8, 4) is 5.69 Å².